The predicted molar refractivity (Wildman–Crippen MR) is 62.5 cm³/mol. The van der Waals surface area contributed by atoms with E-state index in [4.69, 9.17) is 4.84 Å². The van der Waals surface area contributed by atoms with Crippen LogP contribution in [0.25, 0.3) is 0 Å². The van der Waals surface area contributed by atoms with E-state index in [2.05, 4.69) is 5.16 Å². The second kappa shape index (κ2) is 6.30. The van der Waals surface area contributed by atoms with Crippen molar-refractivity contribution in [3.63, 3.8) is 0 Å². The third kappa shape index (κ3) is 3.08. The molecule has 0 spiro atoms. The van der Waals surface area contributed by atoms with Gasteiger partial charge in [0.15, 0.2) is 5.78 Å². The highest BCUT2D eigenvalue weighted by atomic mass is 16.6. The lowest BCUT2D eigenvalue weighted by Gasteiger charge is -2.16. The van der Waals surface area contributed by atoms with Crippen LogP contribution in [0.5, 0.6) is 0 Å². The number of rotatable bonds is 5. The lowest BCUT2D eigenvalue weighted by molar-refractivity contribution is -0.115. The number of hydrogen-bond donors (Lipinski definition) is 1. The Kier molecular flexibility index (Phi) is 5.02. The summed E-state index contributed by atoms with van der Waals surface area (Å²) in [5.74, 6) is 0.152. The number of carbonyl (C=O) groups is 1. The van der Waals surface area contributed by atoms with Gasteiger partial charge in [-0.3, -0.25) is 4.79 Å². The molecule has 1 rings (SSSR count). The molecule has 0 aromatic heterocycles. The van der Waals surface area contributed by atoms with Crippen molar-refractivity contribution in [1.82, 2.24) is 0 Å². The Morgan fingerprint density at radius 1 is 1.44 bits per heavy atom. The third-order valence-electron chi connectivity index (χ3n) is 2.46. The lowest BCUT2D eigenvalue weighted by atomic mass is 9.91. The van der Waals surface area contributed by atoms with Gasteiger partial charge in [-0.25, -0.2) is 0 Å². The predicted octanol–water partition coefficient (Wildman–Crippen LogP) is 2.74. The molecule has 0 saturated carbocycles. The average Bonchev–Trinajstić information content (AvgIpc) is 2.25. The highest BCUT2D eigenvalue weighted by molar-refractivity contribution is 6.22. The minimum absolute atomic E-state index is 0.0179. The molecule has 0 saturated heterocycles. The van der Waals surface area contributed by atoms with Gasteiger partial charge in [-0.1, -0.05) is 18.5 Å². The van der Waals surface area contributed by atoms with Crippen LogP contribution in [0, 0.1) is 0 Å². The Hall–Kier alpha value is -1.32. The Bertz CT molecular complexity index is 318. The van der Waals surface area contributed by atoms with Crippen molar-refractivity contribution < 1.29 is 14.7 Å². The molecule has 0 radical (unpaired) electrons. The Morgan fingerprint density at radius 2 is 2.19 bits per heavy atom. The second-order valence-corrected chi connectivity index (χ2v) is 3.80. The monoisotopic (exact) mass is 225 g/mol. The van der Waals surface area contributed by atoms with E-state index in [1.807, 2.05) is 13.8 Å². The average molecular weight is 225 g/mol. The van der Waals surface area contributed by atoms with E-state index in [1.165, 1.54) is 0 Å². The third-order valence-corrected chi connectivity index (χ3v) is 2.46. The number of oxime groups is 1. The van der Waals surface area contributed by atoms with Crippen molar-refractivity contribution in [3.8, 4) is 0 Å². The molecule has 1 aliphatic carbocycles. The first-order chi connectivity index (χ1) is 7.70. The van der Waals surface area contributed by atoms with Crippen LogP contribution in [0.2, 0.25) is 0 Å². The van der Waals surface area contributed by atoms with Gasteiger partial charge in [-0.2, -0.15) is 0 Å². The number of hydrogen-bond acceptors (Lipinski definition) is 4. The molecular weight excluding hydrogens is 206 g/mol. The fraction of sp³-hybridized carbons (Fsp3) is 0.667. The van der Waals surface area contributed by atoms with Gasteiger partial charge in [0.25, 0.3) is 0 Å². The summed E-state index contributed by atoms with van der Waals surface area (Å²) in [5, 5.41) is 13.7. The Morgan fingerprint density at radius 3 is 2.75 bits per heavy atom. The summed E-state index contributed by atoms with van der Waals surface area (Å²) in [5.41, 5.74) is 0.980. The summed E-state index contributed by atoms with van der Waals surface area (Å²) in [4.78, 5) is 16.7. The molecule has 90 valence electrons. The topological polar surface area (TPSA) is 58.9 Å². The van der Waals surface area contributed by atoms with E-state index in [-0.39, 0.29) is 11.5 Å². The summed E-state index contributed by atoms with van der Waals surface area (Å²) in [6, 6.07) is 0. The minimum atomic E-state index is -0.0179. The Labute approximate surface area is 96.0 Å². The molecule has 0 bridgehead atoms. The second-order valence-electron chi connectivity index (χ2n) is 3.80. The van der Waals surface area contributed by atoms with Crippen LogP contribution < -0.4 is 0 Å². The SMILES string of the molecule is CCC/C(=N/OCC)C1=C(O)CCCC1=O. The first kappa shape index (κ1) is 12.7. The fourth-order valence-electron chi connectivity index (χ4n) is 1.75. The minimum Gasteiger partial charge on any atom is -0.511 e. The van der Waals surface area contributed by atoms with Crippen LogP contribution in [0.15, 0.2) is 16.5 Å². The fourth-order valence-corrected chi connectivity index (χ4v) is 1.75. The van der Waals surface area contributed by atoms with Crippen molar-refractivity contribution in [2.45, 2.75) is 46.0 Å². The maximum absolute atomic E-state index is 11.7. The highest BCUT2D eigenvalue weighted by Crippen LogP contribution is 2.22. The molecule has 4 nitrogen and oxygen atoms in total. The molecule has 0 unspecified atom stereocenters. The number of aliphatic hydroxyl groups excluding tert-OH is 1. The van der Waals surface area contributed by atoms with Crippen LogP contribution in [0.3, 0.4) is 0 Å². The largest absolute Gasteiger partial charge is 0.511 e. The molecular formula is C12H19NO3. The van der Waals surface area contributed by atoms with Gasteiger partial charge in [0.2, 0.25) is 0 Å². The van der Waals surface area contributed by atoms with Crippen LogP contribution in [0.4, 0.5) is 0 Å². The van der Waals surface area contributed by atoms with Crippen molar-refractivity contribution in [3.05, 3.63) is 11.3 Å². The molecule has 0 heterocycles. The summed E-state index contributed by atoms with van der Waals surface area (Å²) < 4.78 is 0. The molecule has 0 aliphatic heterocycles. The smallest absolute Gasteiger partial charge is 0.168 e. The molecule has 1 aliphatic rings. The molecule has 4 heteroatoms. The maximum Gasteiger partial charge on any atom is 0.168 e. The molecule has 0 fully saturated rings. The number of aliphatic hydroxyl groups is 1. The normalized spacial score (nSPS) is 17.9. The zero-order valence-electron chi connectivity index (χ0n) is 9.95. The number of carbonyl (C=O) groups excluding carboxylic acids is 1. The van der Waals surface area contributed by atoms with E-state index in [9.17, 15) is 9.90 Å². The number of allylic oxidation sites excluding steroid dienone is 2. The van der Waals surface area contributed by atoms with Gasteiger partial charge < -0.3 is 9.94 Å². The van der Waals surface area contributed by atoms with Crippen molar-refractivity contribution in [2.75, 3.05) is 6.61 Å². The molecule has 1 N–H and O–H groups in total. The maximum atomic E-state index is 11.7. The van der Waals surface area contributed by atoms with E-state index in [1.54, 1.807) is 0 Å². The van der Waals surface area contributed by atoms with Crippen LogP contribution in [-0.4, -0.2) is 23.2 Å². The van der Waals surface area contributed by atoms with E-state index >= 15 is 0 Å². The first-order valence-corrected chi connectivity index (χ1v) is 5.85. The number of nitrogens with zero attached hydrogens (tertiary/aromatic N) is 1. The van der Waals surface area contributed by atoms with Crippen molar-refractivity contribution >= 4 is 11.5 Å². The number of ketones is 1. The van der Waals surface area contributed by atoms with Crippen molar-refractivity contribution in [1.29, 1.82) is 0 Å². The summed E-state index contributed by atoms with van der Waals surface area (Å²) >= 11 is 0. The van der Waals surface area contributed by atoms with Crippen LogP contribution >= 0.6 is 0 Å². The van der Waals surface area contributed by atoms with Gasteiger partial charge in [0.05, 0.1) is 11.3 Å². The molecule has 16 heavy (non-hydrogen) atoms. The summed E-state index contributed by atoms with van der Waals surface area (Å²) in [7, 11) is 0. The van der Waals surface area contributed by atoms with Crippen LogP contribution in [-0.2, 0) is 9.63 Å². The van der Waals surface area contributed by atoms with Gasteiger partial charge in [-0.05, 0) is 19.8 Å². The van der Waals surface area contributed by atoms with E-state index in [0.29, 0.717) is 37.2 Å². The zero-order valence-corrected chi connectivity index (χ0v) is 9.95. The molecule has 0 atom stereocenters. The number of Topliss-reactive ketones (excluding diaryl/α,β-unsaturated/α-hetero) is 1. The van der Waals surface area contributed by atoms with Crippen LogP contribution in [0.1, 0.15) is 46.0 Å². The zero-order chi connectivity index (χ0) is 12.0. The lowest BCUT2D eigenvalue weighted by Crippen LogP contribution is -2.19. The van der Waals surface area contributed by atoms with Gasteiger partial charge >= 0.3 is 0 Å². The quantitative estimate of drug-likeness (QED) is 0.578. The van der Waals surface area contributed by atoms with Gasteiger partial charge in [-0.15, -0.1) is 0 Å². The van der Waals surface area contributed by atoms with Crippen molar-refractivity contribution in [2.24, 2.45) is 5.16 Å². The highest BCUT2D eigenvalue weighted by Gasteiger charge is 2.24. The molecule has 0 aromatic rings. The molecule has 0 amide bonds. The standard InChI is InChI=1S/C12H19NO3/c1-3-6-9(13-16-4-2)12-10(14)7-5-8-11(12)15/h14H,3-8H2,1-2H3/b13-9-. The Balaban J connectivity index is 2.95. The molecule has 0 aromatic carbocycles. The first-order valence-electron chi connectivity index (χ1n) is 5.85. The van der Waals surface area contributed by atoms with Gasteiger partial charge in [0, 0.05) is 12.8 Å². The van der Waals surface area contributed by atoms with Gasteiger partial charge in [0.1, 0.15) is 12.4 Å². The van der Waals surface area contributed by atoms with E-state index in [0.717, 1.165) is 12.8 Å². The summed E-state index contributed by atoms with van der Waals surface area (Å²) in [6.45, 7) is 4.31. The summed E-state index contributed by atoms with van der Waals surface area (Å²) in [6.07, 6.45) is 3.31. The van der Waals surface area contributed by atoms with E-state index < -0.39 is 0 Å².